The fourth-order valence-electron chi connectivity index (χ4n) is 2.43. The van der Waals surface area contributed by atoms with E-state index < -0.39 is 17.7 Å². The number of rotatable bonds is 3. The molecule has 2 rings (SSSR count). The van der Waals surface area contributed by atoms with E-state index in [-0.39, 0.29) is 5.56 Å². The van der Waals surface area contributed by atoms with E-state index in [1.807, 2.05) is 0 Å². The van der Waals surface area contributed by atoms with Crippen molar-refractivity contribution >= 4 is 0 Å². The van der Waals surface area contributed by atoms with Crippen molar-refractivity contribution in [2.45, 2.75) is 45.1 Å². The summed E-state index contributed by atoms with van der Waals surface area (Å²) in [6.45, 7) is 1.55. The van der Waals surface area contributed by atoms with E-state index in [9.17, 15) is 8.78 Å². The normalized spacial score (nSPS) is 17.4. The number of halogens is 2. The summed E-state index contributed by atoms with van der Waals surface area (Å²) >= 11 is 0. The van der Waals surface area contributed by atoms with E-state index in [0.717, 1.165) is 12.8 Å². The van der Waals surface area contributed by atoms with Crippen LogP contribution in [0.2, 0.25) is 0 Å². The van der Waals surface area contributed by atoms with E-state index in [1.165, 1.54) is 18.4 Å². The van der Waals surface area contributed by atoms with E-state index in [4.69, 9.17) is 5.73 Å². The van der Waals surface area contributed by atoms with Gasteiger partial charge in [-0.1, -0.05) is 23.8 Å². The van der Waals surface area contributed by atoms with Gasteiger partial charge in [0, 0.05) is 11.6 Å². The average Bonchev–Trinajstić information content (AvgIpc) is 2.37. The molecule has 1 aliphatic carbocycles. The third-order valence-electron chi connectivity index (χ3n) is 3.57. The van der Waals surface area contributed by atoms with E-state index >= 15 is 0 Å². The molecule has 0 aromatic heterocycles. The molecule has 18 heavy (non-hydrogen) atoms. The van der Waals surface area contributed by atoms with Gasteiger partial charge < -0.3 is 5.73 Å². The zero-order valence-electron chi connectivity index (χ0n) is 10.7. The zero-order valence-corrected chi connectivity index (χ0v) is 10.7. The Morgan fingerprint density at radius 1 is 1.22 bits per heavy atom. The molecule has 0 spiro atoms. The third kappa shape index (κ3) is 2.78. The van der Waals surface area contributed by atoms with Gasteiger partial charge in [0.25, 0.3) is 0 Å². The minimum absolute atomic E-state index is 0.282. The highest BCUT2D eigenvalue weighted by molar-refractivity contribution is 5.28. The smallest absolute Gasteiger partial charge is 0.163 e. The van der Waals surface area contributed by atoms with Crippen molar-refractivity contribution in [2.75, 3.05) is 0 Å². The van der Waals surface area contributed by atoms with Gasteiger partial charge in [0.2, 0.25) is 0 Å². The van der Waals surface area contributed by atoms with Crippen molar-refractivity contribution in [2.24, 2.45) is 5.73 Å². The first-order valence-corrected chi connectivity index (χ1v) is 6.47. The molecule has 0 heterocycles. The van der Waals surface area contributed by atoms with Crippen LogP contribution in [0.15, 0.2) is 23.8 Å². The van der Waals surface area contributed by atoms with Crippen LogP contribution in [-0.2, 0) is 0 Å². The second kappa shape index (κ2) is 5.61. The number of allylic oxidation sites excluding steroid dienone is 1. The highest BCUT2D eigenvalue weighted by Crippen LogP contribution is 2.28. The molecule has 1 atom stereocenters. The minimum atomic E-state index is -0.793. The van der Waals surface area contributed by atoms with Crippen LogP contribution in [0.1, 0.15) is 49.3 Å². The van der Waals surface area contributed by atoms with Crippen molar-refractivity contribution < 1.29 is 8.78 Å². The van der Waals surface area contributed by atoms with Crippen LogP contribution >= 0.6 is 0 Å². The van der Waals surface area contributed by atoms with Crippen LogP contribution in [0.4, 0.5) is 8.78 Å². The van der Waals surface area contributed by atoms with Crippen LogP contribution in [0, 0.1) is 18.6 Å². The lowest BCUT2D eigenvalue weighted by atomic mass is 9.91. The van der Waals surface area contributed by atoms with Gasteiger partial charge >= 0.3 is 0 Å². The molecule has 0 fully saturated rings. The number of aryl methyl sites for hydroxylation is 1. The summed E-state index contributed by atoms with van der Waals surface area (Å²) in [5.74, 6) is -1.57. The molecule has 3 heteroatoms. The summed E-state index contributed by atoms with van der Waals surface area (Å²) in [4.78, 5) is 0. The molecule has 1 aliphatic rings. The maximum absolute atomic E-state index is 13.8. The summed E-state index contributed by atoms with van der Waals surface area (Å²) in [5.41, 5.74) is 7.87. The van der Waals surface area contributed by atoms with Crippen molar-refractivity contribution in [3.8, 4) is 0 Å². The molecular formula is C15H19F2N. The fourth-order valence-corrected chi connectivity index (χ4v) is 2.43. The van der Waals surface area contributed by atoms with Crippen molar-refractivity contribution in [1.82, 2.24) is 0 Å². The van der Waals surface area contributed by atoms with Gasteiger partial charge in [-0.05, 0) is 44.6 Å². The van der Waals surface area contributed by atoms with E-state index in [1.54, 1.807) is 19.1 Å². The van der Waals surface area contributed by atoms with Gasteiger partial charge in [-0.15, -0.1) is 0 Å². The van der Waals surface area contributed by atoms with Crippen molar-refractivity contribution in [3.63, 3.8) is 0 Å². The van der Waals surface area contributed by atoms with Crippen LogP contribution in [0.25, 0.3) is 0 Å². The Hall–Kier alpha value is -1.22. The first-order valence-electron chi connectivity index (χ1n) is 6.47. The summed E-state index contributed by atoms with van der Waals surface area (Å²) in [6.07, 6.45) is 7.30. The molecule has 1 nitrogen and oxygen atoms in total. The molecule has 1 aromatic rings. The Balaban J connectivity index is 2.16. The summed E-state index contributed by atoms with van der Waals surface area (Å²) < 4.78 is 27.3. The molecule has 0 radical (unpaired) electrons. The predicted octanol–water partition coefficient (Wildman–Crippen LogP) is 4.16. The van der Waals surface area contributed by atoms with Crippen LogP contribution in [0.3, 0.4) is 0 Å². The second-order valence-electron chi connectivity index (χ2n) is 5.02. The first kappa shape index (κ1) is 13.2. The molecule has 0 saturated heterocycles. The summed E-state index contributed by atoms with van der Waals surface area (Å²) in [5, 5.41) is 0. The lowest BCUT2D eigenvalue weighted by Gasteiger charge is -2.18. The molecule has 2 N–H and O–H groups in total. The van der Waals surface area contributed by atoms with Gasteiger partial charge in [-0.25, -0.2) is 8.78 Å². The number of nitrogens with two attached hydrogens (primary N) is 1. The fraction of sp³-hybridized carbons (Fsp3) is 0.467. The lowest BCUT2D eigenvalue weighted by Crippen LogP contribution is -2.15. The quantitative estimate of drug-likeness (QED) is 0.802. The Morgan fingerprint density at radius 3 is 2.67 bits per heavy atom. The molecule has 1 unspecified atom stereocenters. The molecule has 0 bridgehead atoms. The highest BCUT2D eigenvalue weighted by atomic mass is 19.2. The SMILES string of the molecule is Cc1ccc(C(N)CC2=CCCCC2)c(F)c1F. The van der Waals surface area contributed by atoms with Crippen LogP contribution < -0.4 is 5.73 Å². The van der Waals surface area contributed by atoms with Gasteiger partial charge in [0.05, 0.1) is 0 Å². The monoisotopic (exact) mass is 251 g/mol. The molecule has 0 aliphatic heterocycles. The standard InChI is InChI=1S/C15H19F2N/c1-10-7-8-12(15(17)14(10)16)13(18)9-11-5-3-2-4-6-11/h5,7-8,13H,2-4,6,9,18H2,1H3. The number of benzene rings is 1. The topological polar surface area (TPSA) is 26.0 Å². The third-order valence-corrected chi connectivity index (χ3v) is 3.57. The van der Waals surface area contributed by atoms with E-state index in [2.05, 4.69) is 6.08 Å². The Kier molecular flexibility index (Phi) is 4.12. The maximum Gasteiger partial charge on any atom is 0.163 e. The van der Waals surface area contributed by atoms with Gasteiger partial charge in [0.1, 0.15) is 0 Å². The molecule has 0 saturated carbocycles. The molecule has 98 valence electrons. The van der Waals surface area contributed by atoms with Gasteiger partial charge in [-0.3, -0.25) is 0 Å². The number of hydrogen-bond acceptors (Lipinski definition) is 1. The Bertz CT molecular complexity index is 466. The molecule has 1 aromatic carbocycles. The Morgan fingerprint density at radius 2 is 2.00 bits per heavy atom. The highest BCUT2D eigenvalue weighted by Gasteiger charge is 2.18. The number of hydrogen-bond donors (Lipinski definition) is 1. The molecular weight excluding hydrogens is 232 g/mol. The predicted molar refractivity (Wildman–Crippen MR) is 69.2 cm³/mol. The minimum Gasteiger partial charge on any atom is -0.324 e. The zero-order chi connectivity index (χ0) is 13.1. The van der Waals surface area contributed by atoms with Crippen molar-refractivity contribution in [3.05, 3.63) is 46.5 Å². The largest absolute Gasteiger partial charge is 0.324 e. The lowest BCUT2D eigenvalue weighted by molar-refractivity contribution is 0.481. The van der Waals surface area contributed by atoms with Gasteiger partial charge in [-0.2, -0.15) is 0 Å². The first-order chi connectivity index (χ1) is 8.59. The average molecular weight is 251 g/mol. The Labute approximate surface area is 107 Å². The van der Waals surface area contributed by atoms with Crippen molar-refractivity contribution in [1.29, 1.82) is 0 Å². The molecule has 0 amide bonds. The summed E-state index contributed by atoms with van der Waals surface area (Å²) in [6, 6.07) is 2.73. The summed E-state index contributed by atoms with van der Waals surface area (Å²) in [7, 11) is 0. The second-order valence-corrected chi connectivity index (χ2v) is 5.02. The maximum atomic E-state index is 13.8. The van der Waals surface area contributed by atoms with E-state index in [0.29, 0.717) is 12.0 Å². The van der Waals surface area contributed by atoms with Crippen LogP contribution in [-0.4, -0.2) is 0 Å². The van der Waals surface area contributed by atoms with Gasteiger partial charge in [0.15, 0.2) is 11.6 Å². The van der Waals surface area contributed by atoms with Crippen LogP contribution in [0.5, 0.6) is 0 Å².